The van der Waals surface area contributed by atoms with Crippen LogP contribution in [0.2, 0.25) is 5.02 Å². The van der Waals surface area contributed by atoms with Crippen LogP contribution in [0.1, 0.15) is 50.9 Å². The molecule has 0 aliphatic carbocycles. The van der Waals surface area contributed by atoms with Gasteiger partial charge in [-0.25, -0.2) is 4.98 Å². The average molecular weight is 327 g/mol. The second-order valence-corrected chi connectivity index (χ2v) is 7.38. The molecule has 0 N–H and O–H groups in total. The maximum atomic E-state index is 6.36. The number of halogens is 2. The van der Waals surface area contributed by atoms with Crippen molar-refractivity contribution in [3.8, 4) is 0 Å². The van der Waals surface area contributed by atoms with E-state index in [1.54, 1.807) is 0 Å². The van der Waals surface area contributed by atoms with Gasteiger partial charge in [0.15, 0.2) is 0 Å². The normalized spacial score (nSPS) is 23.4. The van der Waals surface area contributed by atoms with Crippen LogP contribution < -0.4 is 0 Å². The summed E-state index contributed by atoms with van der Waals surface area (Å²) in [6.07, 6.45) is 1.92. The number of alkyl halides is 1. The van der Waals surface area contributed by atoms with E-state index >= 15 is 0 Å². The molecule has 0 amide bonds. The Labute approximate surface area is 135 Å². The lowest BCUT2D eigenvalue weighted by atomic mass is 9.93. The Balaban J connectivity index is 2.16. The highest BCUT2D eigenvalue weighted by Gasteiger charge is 2.32. The summed E-state index contributed by atoms with van der Waals surface area (Å²) in [4.78, 5) is 4.69. The predicted octanol–water partition coefficient (Wildman–Crippen LogP) is 5.12. The summed E-state index contributed by atoms with van der Waals surface area (Å²) in [5.41, 5.74) is 1.78. The molecule has 21 heavy (non-hydrogen) atoms. The van der Waals surface area contributed by atoms with Gasteiger partial charge in [-0.15, -0.1) is 11.6 Å². The third kappa shape index (κ3) is 2.79. The van der Waals surface area contributed by atoms with Crippen LogP contribution in [0.15, 0.2) is 18.2 Å². The Morgan fingerprint density at radius 2 is 2.19 bits per heavy atom. The van der Waals surface area contributed by atoms with Crippen molar-refractivity contribution in [3.05, 3.63) is 29.0 Å². The molecule has 5 heteroatoms. The van der Waals surface area contributed by atoms with Gasteiger partial charge in [0.05, 0.1) is 21.5 Å². The standard InChI is InChI=1S/C16H20Cl2N2O/c1-10(17)15-19-14-12(18)5-4-6-13(14)20(15)11-7-8-21-16(2,3)9-11/h4-6,10-11H,7-9H2,1-3H3. The lowest BCUT2D eigenvalue weighted by molar-refractivity contribution is -0.0688. The molecule has 2 atom stereocenters. The Morgan fingerprint density at radius 3 is 2.86 bits per heavy atom. The first-order chi connectivity index (χ1) is 9.89. The summed E-state index contributed by atoms with van der Waals surface area (Å²) in [5.74, 6) is 0.891. The van der Waals surface area contributed by atoms with Gasteiger partial charge in [0.25, 0.3) is 0 Å². The average Bonchev–Trinajstić information content (AvgIpc) is 2.78. The van der Waals surface area contributed by atoms with Crippen molar-refractivity contribution in [1.82, 2.24) is 9.55 Å². The Kier molecular flexibility index (Phi) is 3.93. The first-order valence-electron chi connectivity index (χ1n) is 7.33. The molecular formula is C16H20Cl2N2O. The zero-order valence-electron chi connectivity index (χ0n) is 12.6. The lowest BCUT2D eigenvalue weighted by Gasteiger charge is -2.37. The van der Waals surface area contributed by atoms with E-state index in [-0.39, 0.29) is 11.0 Å². The SMILES string of the molecule is CC(Cl)c1nc2c(Cl)cccc2n1C1CCOC(C)(C)C1. The third-order valence-electron chi connectivity index (χ3n) is 4.09. The summed E-state index contributed by atoms with van der Waals surface area (Å²) < 4.78 is 8.10. The second-order valence-electron chi connectivity index (χ2n) is 6.32. The van der Waals surface area contributed by atoms with Crippen molar-refractivity contribution in [3.63, 3.8) is 0 Å². The summed E-state index contributed by atoms with van der Waals surface area (Å²) >= 11 is 12.7. The van der Waals surface area contributed by atoms with E-state index in [9.17, 15) is 0 Å². The molecule has 0 saturated carbocycles. The van der Waals surface area contributed by atoms with Gasteiger partial charge in [-0.2, -0.15) is 0 Å². The fraction of sp³-hybridized carbons (Fsp3) is 0.562. The van der Waals surface area contributed by atoms with E-state index in [0.717, 1.165) is 36.3 Å². The van der Waals surface area contributed by atoms with Crippen molar-refractivity contribution < 1.29 is 4.74 Å². The van der Waals surface area contributed by atoms with Gasteiger partial charge in [0.1, 0.15) is 11.3 Å². The lowest BCUT2D eigenvalue weighted by Crippen LogP contribution is -2.35. The van der Waals surface area contributed by atoms with E-state index in [2.05, 4.69) is 24.5 Å². The number of para-hydroxylation sites is 1. The van der Waals surface area contributed by atoms with Crippen LogP contribution in [-0.4, -0.2) is 21.8 Å². The summed E-state index contributed by atoms with van der Waals surface area (Å²) in [6, 6.07) is 6.25. The summed E-state index contributed by atoms with van der Waals surface area (Å²) in [5, 5.41) is 0.524. The van der Waals surface area contributed by atoms with Crippen molar-refractivity contribution in [2.45, 2.75) is 50.6 Å². The maximum Gasteiger partial charge on any atom is 0.128 e. The molecule has 0 spiro atoms. The zero-order chi connectivity index (χ0) is 15.2. The maximum absolute atomic E-state index is 6.36. The number of benzene rings is 1. The number of aromatic nitrogens is 2. The second kappa shape index (κ2) is 5.45. The number of hydrogen-bond donors (Lipinski definition) is 0. The molecule has 2 unspecified atom stereocenters. The number of fused-ring (bicyclic) bond motifs is 1. The quantitative estimate of drug-likeness (QED) is 0.716. The minimum absolute atomic E-state index is 0.120. The van der Waals surface area contributed by atoms with Crippen LogP contribution in [0.5, 0.6) is 0 Å². The van der Waals surface area contributed by atoms with Gasteiger partial charge in [0, 0.05) is 12.6 Å². The van der Waals surface area contributed by atoms with Crippen LogP contribution in [0.4, 0.5) is 0 Å². The Hall–Kier alpha value is -0.770. The molecule has 1 saturated heterocycles. The molecule has 2 aromatic rings. The van der Waals surface area contributed by atoms with Gasteiger partial charge >= 0.3 is 0 Å². The smallest absolute Gasteiger partial charge is 0.128 e. The molecule has 1 aliphatic heterocycles. The van der Waals surface area contributed by atoms with Crippen LogP contribution >= 0.6 is 23.2 Å². The van der Waals surface area contributed by atoms with Gasteiger partial charge in [0.2, 0.25) is 0 Å². The van der Waals surface area contributed by atoms with Crippen LogP contribution in [0, 0.1) is 0 Å². The molecule has 2 heterocycles. The molecule has 1 aromatic carbocycles. The molecule has 114 valence electrons. The molecular weight excluding hydrogens is 307 g/mol. The van der Waals surface area contributed by atoms with Crippen molar-refractivity contribution in [1.29, 1.82) is 0 Å². The number of hydrogen-bond acceptors (Lipinski definition) is 2. The van der Waals surface area contributed by atoms with Crippen molar-refractivity contribution >= 4 is 34.2 Å². The van der Waals surface area contributed by atoms with Crippen molar-refractivity contribution in [2.75, 3.05) is 6.61 Å². The van der Waals surface area contributed by atoms with Crippen LogP contribution in [0.3, 0.4) is 0 Å². The monoisotopic (exact) mass is 326 g/mol. The van der Waals surface area contributed by atoms with E-state index in [1.165, 1.54) is 0 Å². The highest BCUT2D eigenvalue weighted by Crippen LogP contribution is 2.38. The largest absolute Gasteiger partial charge is 0.375 e. The predicted molar refractivity (Wildman–Crippen MR) is 87.3 cm³/mol. The van der Waals surface area contributed by atoms with E-state index in [1.807, 2.05) is 19.1 Å². The molecule has 0 radical (unpaired) electrons. The molecule has 1 fully saturated rings. The Morgan fingerprint density at radius 1 is 1.43 bits per heavy atom. The van der Waals surface area contributed by atoms with Gasteiger partial charge < -0.3 is 9.30 Å². The third-order valence-corrected chi connectivity index (χ3v) is 4.59. The molecule has 0 bridgehead atoms. The Bertz CT molecular complexity index is 664. The zero-order valence-corrected chi connectivity index (χ0v) is 14.1. The summed E-state index contributed by atoms with van der Waals surface area (Å²) in [7, 11) is 0. The molecule has 1 aromatic heterocycles. The minimum atomic E-state index is -0.153. The fourth-order valence-corrected chi connectivity index (χ4v) is 3.55. The van der Waals surface area contributed by atoms with E-state index in [0.29, 0.717) is 11.1 Å². The van der Waals surface area contributed by atoms with Crippen LogP contribution in [-0.2, 0) is 4.74 Å². The number of nitrogens with zero attached hydrogens (tertiary/aromatic N) is 2. The van der Waals surface area contributed by atoms with Crippen LogP contribution in [0.25, 0.3) is 11.0 Å². The van der Waals surface area contributed by atoms with E-state index < -0.39 is 0 Å². The number of ether oxygens (including phenoxy) is 1. The topological polar surface area (TPSA) is 27.1 Å². The van der Waals surface area contributed by atoms with Gasteiger partial charge in [-0.1, -0.05) is 17.7 Å². The fourth-order valence-electron chi connectivity index (χ4n) is 3.19. The number of rotatable bonds is 2. The minimum Gasteiger partial charge on any atom is -0.375 e. The first kappa shape index (κ1) is 15.1. The first-order valence-corrected chi connectivity index (χ1v) is 8.15. The number of imidazole rings is 1. The summed E-state index contributed by atoms with van der Waals surface area (Å²) in [6.45, 7) is 6.98. The molecule has 1 aliphatic rings. The van der Waals surface area contributed by atoms with Gasteiger partial charge in [-0.05, 0) is 45.7 Å². The molecule has 3 rings (SSSR count). The van der Waals surface area contributed by atoms with Crippen molar-refractivity contribution in [2.24, 2.45) is 0 Å². The molecule has 3 nitrogen and oxygen atoms in total. The highest BCUT2D eigenvalue weighted by molar-refractivity contribution is 6.35. The van der Waals surface area contributed by atoms with E-state index in [4.69, 9.17) is 32.9 Å². The van der Waals surface area contributed by atoms with Gasteiger partial charge in [-0.3, -0.25) is 0 Å². The highest BCUT2D eigenvalue weighted by atomic mass is 35.5.